The molecule has 5 heteroatoms. The van der Waals surface area contributed by atoms with E-state index >= 15 is 0 Å². The van der Waals surface area contributed by atoms with E-state index in [9.17, 15) is 4.79 Å². The van der Waals surface area contributed by atoms with Gasteiger partial charge in [0.15, 0.2) is 0 Å². The van der Waals surface area contributed by atoms with E-state index in [1.807, 2.05) is 23.7 Å². The Labute approximate surface area is 158 Å². The molecule has 1 amide bonds. The van der Waals surface area contributed by atoms with Gasteiger partial charge in [0.2, 0.25) is 5.91 Å². The van der Waals surface area contributed by atoms with Crippen LogP contribution in [0.3, 0.4) is 0 Å². The van der Waals surface area contributed by atoms with Crippen LogP contribution < -0.4 is 5.32 Å². The maximum absolute atomic E-state index is 12.5. The quantitative estimate of drug-likeness (QED) is 0.733. The van der Waals surface area contributed by atoms with Crippen molar-refractivity contribution in [1.29, 1.82) is 0 Å². The van der Waals surface area contributed by atoms with Gasteiger partial charge in [-0.1, -0.05) is 26.2 Å². The van der Waals surface area contributed by atoms with Crippen molar-refractivity contribution in [3.8, 4) is 0 Å². The predicted molar refractivity (Wildman–Crippen MR) is 104 cm³/mol. The minimum absolute atomic E-state index is 0.186. The van der Waals surface area contributed by atoms with Gasteiger partial charge in [-0.3, -0.25) is 4.79 Å². The first kappa shape index (κ1) is 18.4. The number of carbonyl (C=O) groups is 1. The Balaban J connectivity index is 1.52. The first-order valence-electron chi connectivity index (χ1n) is 9.48. The number of halogens is 1. The molecule has 0 aromatic carbocycles. The van der Waals surface area contributed by atoms with Crippen LogP contribution in [0, 0.1) is 18.8 Å². The second-order valence-corrected chi connectivity index (χ2v) is 8.30. The zero-order valence-corrected chi connectivity index (χ0v) is 16.8. The number of amides is 1. The average molecular weight is 406 g/mol. The smallest absolute Gasteiger partial charge is 0.223 e. The molecule has 1 fully saturated rings. The molecular formula is C20H28BrN3O. The molecule has 1 aliphatic carbocycles. The summed E-state index contributed by atoms with van der Waals surface area (Å²) in [5.74, 6) is 1.22. The van der Waals surface area contributed by atoms with Crippen LogP contribution in [-0.4, -0.2) is 15.3 Å². The van der Waals surface area contributed by atoms with Crippen LogP contribution in [0.1, 0.15) is 63.1 Å². The van der Waals surface area contributed by atoms with Gasteiger partial charge in [0, 0.05) is 22.8 Å². The first-order chi connectivity index (χ1) is 12.1. The Bertz CT molecular complexity index is 732. The number of nitrogens with zero attached hydrogens (tertiary/aromatic N) is 2. The molecule has 1 aliphatic rings. The summed E-state index contributed by atoms with van der Waals surface area (Å²) in [7, 11) is 0. The van der Waals surface area contributed by atoms with Gasteiger partial charge in [-0.05, 0) is 66.1 Å². The molecule has 0 spiro atoms. The van der Waals surface area contributed by atoms with Gasteiger partial charge in [-0.15, -0.1) is 0 Å². The maximum atomic E-state index is 12.5. The van der Waals surface area contributed by atoms with Crippen molar-refractivity contribution in [2.45, 2.75) is 65.3 Å². The Morgan fingerprint density at radius 3 is 2.80 bits per heavy atom. The predicted octanol–water partition coefficient (Wildman–Crippen LogP) is 5.02. The molecular weight excluding hydrogens is 378 g/mol. The lowest BCUT2D eigenvalue weighted by molar-refractivity contribution is -0.126. The van der Waals surface area contributed by atoms with Gasteiger partial charge in [0.1, 0.15) is 5.65 Å². The number of hydrogen-bond donors (Lipinski definition) is 1. The highest BCUT2D eigenvalue weighted by atomic mass is 79.9. The SMILES string of the molecule is CCCCC1CCC(C(=O)NCc2cn3cc(Br)cc(C)c3n2)CC1. The molecule has 0 aliphatic heterocycles. The lowest BCUT2D eigenvalue weighted by Gasteiger charge is -2.27. The summed E-state index contributed by atoms with van der Waals surface area (Å²) in [5.41, 5.74) is 2.98. The second kappa shape index (κ2) is 8.35. The standard InChI is InChI=1S/C20H28BrN3O/c1-3-4-5-15-6-8-16(9-7-15)20(25)22-11-18-13-24-12-17(21)10-14(2)19(24)23-18/h10,12-13,15-16H,3-9,11H2,1-2H3,(H,22,25). The van der Waals surface area contributed by atoms with E-state index in [4.69, 9.17) is 0 Å². The van der Waals surface area contributed by atoms with Crippen molar-refractivity contribution in [2.75, 3.05) is 0 Å². The highest BCUT2D eigenvalue weighted by molar-refractivity contribution is 9.10. The number of rotatable bonds is 6. The van der Waals surface area contributed by atoms with Crippen LogP contribution in [0.4, 0.5) is 0 Å². The first-order valence-corrected chi connectivity index (χ1v) is 10.3. The van der Waals surface area contributed by atoms with Gasteiger partial charge in [-0.2, -0.15) is 0 Å². The Hall–Kier alpha value is -1.36. The Morgan fingerprint density at radius 2 is 2.08 bits per heavy atom. The molecule has 1 N–H and O–H groups in total. The van der Waals surface area contributed by atoms with Crippen molar-refractivity contribution < 1.29 is 4.79 Å². The van der Waals surface area contributed by atoms with Crippen LogP contribution in [0.15, 0.2) is 22.9 Å². The normalized spacial score (nSPS) is 20.8. The molecule has 2 heterocycles. The fourth-order valence-electron chi connectivity index (χ4n) is 3.89. The van der Waals surface area contributed by atoms with E-state index < -0.39 is 0 Å². The van der Waals surface area contributed by atoms with Crippen LogP contribution >= 0.6 is 15.9 Å². The molecule has 2 aromatic rings. The van der Waals surface area contributed by atoms with Crippen molar-refractivity contribution in [3.63, 3.8) is 0 Å². The summed E-state index contributed by atoms with van der Waals surface area (Å²) in [6, 6.07) is 2.06. The van der Waals surface area contributed by atoms with Gasteiger partial charge < -0.3 is 9.72 Å². The van der Waals surface area contributed by atoms with Crippen LogP contribution in [0.5, 0.6) is 0 Å². The van der Waals surface area contributed by atoms with E-state index in [0.29, 0.717) is 6.54 Å². The fraction of sp³-hybridized carbons (Fsp3) is 0.600. The largest absolute Gasteiger partial charge is 0.350 e. The summed E-state index contributed by atoms with van der Waals surface area (Å²) >= 11 is 3.51. The Kier molecular flexibility index (Phi) is 6.15. The highest BCUT2D eigenvalue weighted by Gasteiger charge is 2.25. The average Bonchev–Trinajstić information content (AvgIpc) is 3.01. The third kappa shape index (κ3) is 4.63. The number of hydrogen-bond acceptors (Lipinski definition) is 2. The van der Waals surface area contributed by atoms with Crippen LogP contribution in [0.25, 0.3) is 5.65 Å². The molecule has 25 heavy (non-hydrogen) atoms. The molecule has 0 unspecified atom stereocenters. The number of unbranched alkanes of at least 4 members (excludes halogenated alkanes) is 1. The number of fused-ring (bicyclic) bond motifs is 1. The number of pyridine rings is 1. The molecule has 4 nitrogen and oxygen atoms in total. The third-order valence-electron chi connectivity index (χ3n) is 5.38. The topological polar surface area (TPSA) is 46.4 Å². The van der Waals surface area contributed by atoms with Crippen molar-refractivity contribution in [1.82, 2.24) is 14.7 Å². The summed E-state index contributed by atoms with van der Waals surface area (Å²) in [4.78, 5) is 17.1. The van der Waals surface area contributed by atoms with Crippen molar-refractivity contribution >= 4 is 27.5 Å². The van der Waals surface area contributed by atoms with Crippen molar-refractivity contribution in [3.05, 3.63) is 34.2 Å². The molecule has 1 saturated carbocycles. The summed E-state index contributed by atoms with van der Waals surface area (Å²) in [6.07, 6.45) is 12.4. The van der Waals surface area contributed by atoms with E-state index in [0.717, 1.165) is 40.1 Å². The van der Waals surface area contributed by atoms with Crippen LogP contribution in [0.2, 0.25) is 0 Å². The third-order valence-corrected chi connectivity index (χ3v) is 5.81. The maximum Gasteiger partial charge on any atom is 0.223 e. The Morgan fingerprint density at radius 1 is 1.32 bits per heavy atom. The van der Waals surface area contributed by atoms with Gasteiger partial charge in [-0.25, -0.2) is 4.98 Å². The molecule has 0 bridgehead atoms. The number of nitrogens with one attached hydrogen (secondary N) is 1. The van der Waals surface area contributed by atoms with Gasteiger partial charge in [0.25, 0.3) is 0 Å². The molecule has 136 valence electrons. The molecule has 0 radical (unpaired) electrons. The highest BCUT2D eigenvalue weighted by Crippen LogP contribution is 2.32. The lowest BCUT2D eigenvalue weighted by atomic mass is 9.79. The number of aryl methyl sites for hydroxylation is 1. The minimum atomic E-state index is 0.186. The molecule has 3 rings (SSSR count). The molecule has 0 atom stereocenters. The zero-order valence-electron chi connectivity index (χ0n) is 15.2. The fourth-order valence-corrected chi connectivity index (χ4v) is 4.45. The molecule has 2 aromatic heterocycles. The van der Waals surface area contributed by atoms with Gasteiger partial charge >= 0.3 is 0 Å². The monoisotopic (exact) mass is 405 g/mol. The second-order valence-electron chi connectivity index (χ2n) is 7.38. The van der Waals surface area contributed by atoms with E-state index in [1.165, 1.54) is 32.1 Å². The summed E-state index contributed by atoms with van der Waals surface area (Å²) in [5, 5.41) is 3.10. The number of aromatic nitrogens is 2. The molecule has 0 saturated heterocycles. The van der Waals surface area contributed by atoms with Gasteiger partial charge in [0.05, 0.1) is 12.2 Å². The minimum Gasteiger partial charge on any atom is -0.350 e. The summed E-state index contributed by atoms with van der Waals surface area (Å²) < 4.78 is 3.05. The van der Waals surface area contributed by atoms with E-state index in [1.54, 1.807) is 0 Å². The van der Waals surface area contributed by atoms with E-state index in [-0.39, 0.29) is 11.8 Å². The number of carbonyl (C=O) groups excluding carboxylic acids is 1. The zero-order chi connectivity index (χ0) is 17.8. The summed E-state index contributed by atoms with van der Waals surface area (Å²) in [6.45, 7) is 4.80. The number of imidazole rings is 1. The lowest BCUT2D eigenvalue weighted by Crippen LogP contribution is -2.32. The van der Waals surface area contributed by atoms with Crippen LogP contribution in [-0.2, 0) is 11.3 Å². The van der Waals surface area contributed by atoms with E-state index in [2.05, 4.69) is 39.2 Å². The van der Waals surface area contributed by atoms with Crippen molar-refractivity contribution in [2.24, 2.45) is 11.8 Å².